The number of hydrogen-bond acceptors (Lipinski definition) is 4. The molecule has 4 aromatic rings. The number of benzene rings is 4. The molecule has 0 saturated heterocycles. The van der Waals surface area contributed by atoms with Crippen molar-refractivity contribution in [2.24, 2.45) is 0 Å². The van der Waals surface area contributed by atoms with E-state index in [0.29, 0.717) is 22.9 Å². The van der Waals surface area contributed by atoms with Crippen molar-refractivity contribution in [2.75, 3.05) is 0 Å². The molecule has 0 aromatic heterocycles. The van der Waals surface area contributed by atoms with Crippen LogP contribution in [0.1, 0.15) is 27.0 Å². The molecular formula is C29H23ClO4. The van der Waals surface area contributed by atoms with Crippen molar-refractivity contribution in [1.82, 2.24) is 0 Å². The third-order valence-corrected chi connectivity index (χ3v) is 5.45. The number of allylic oxidation sites excluding steroid dienone is 1. The predicted octanol–water partition coefficient (Wildman–Crippen LogP) is 7.10. The van der Waals surface area contributed by atoms with Crippen LogP contribution in [0.15, 0.2) is 103 Å². The van der Waals surface area contributed by atoms with Crippen molar-refractivity contribution < 1.29 is 19.4 Å². The van der Waals surface area contributed by atoms with Crippen molar-refractivity contribution >= 4 is 23.5 Å². The summed E-state index contributed by atoms with van der Waals surface area (Å²) in [5, 5.41) is 11.3. The number of halogens is 1. The van der Waals surface area contributed by atoms with E-state index < -0.39 is 5.78 Å². The van der Waals surface area contributed by atoms with E-state index in [1.807, 2.05) is 72.8 Å². The molecule has 5 heteroatoms. The Balaban J connectivity index is 1.61. The van der Waals surface area contributed by atoms with Gasteiger partial charge in [-0.25, -0.2) is 0 Å². The molecular weight excluding hydrogens is 448 g/mol. The van der Waals surface area contributed by atoms with E-state index in [9.17, 15) is 9.90 Å². The molecule has 1 N–H and O–H groups in total. The summed E-state index contributed by atoms with van der Waals surface area (Å²) in [7, 11) is 0. The van der Waals surface area contributed by atoms with Gasteiger partial charge in [0.2, 0.25) is 0 Å². The van der Waals surface area contributed by atoms with Gasteiger partial charge in [0.05, 0.1) is 0 Å². The molecule has 0 fully saturated rings. The van der Waals surface area contributed by atoms with Crippen LogP contribution in [-0.4, -0.2) is 10.9 Å². The maximum Gasteiger partial charge on any atom is 0.193 e. The largest absolute Gasteiger partial charge is 0.507 e. The number of aromatic hydroxyl groups is 1. The Labute approximate surface area is 203 Å². The zero-order valence-corrected chi connectivity index (χ0v) is 19.1. The van der Waals surface area contributed by atoms with E-state index in [0.717, 1.165) is 11.1 Å². The first kappa shape index (κ1) is 23.1. The molecule has 0 radical (unpaired) electrons. The molecule has 0 unspecified atom stereocenters. The van der Waals surface area contributed by atoms with Gasteiger partial charge in [0, 0.05) is 17.2 Å². The van der Waals surface area contributed by atoms with Gasteiger partial charge < -0.3 is 14.6 Å². The van der Waals surface area contributed by atoms with Gasteiger partial charge in [-0.05, 0) is 34.9 Å². The number of phenolic OH excluding ortho intramolecular Hbond substituents is 1. The predicted molar refractivity (Wildman–Crippen MR) is 134 cm³/mol. The van der Waals surface area contributed by atoms with Crippen LogP contribution in [0.25, 0.3) is 6.08 Å². The van der Waals surface area contributed by atoms with E-state index in [-0.39, 0.29) is 23.7 Å². The lowest BCUT2D eigenvalue weighted by Crippen LogP contribution is -2.04. The number of rotatable bonds is 9. The molecule has 170 valence electrons. The topological polar surface area (TPSA) is 55.8 Å². The quantitative estimate of drug-likeness (QED) is 0.209. The summed E-state index contributed by atoms with van der Waals surface area (Å²) in [5.74, 6) is 0.00861. The van der Waals surface area contributed by atoms with Crippen molar-refractivity contribution in [3.05, 3.63) is 130 Å². The average molecular weight is 471 g/mol. The van der Waals surface area contributed by atoms with E-state index >= 15 is 0 Å². The van der Waals surface area contributed by atoms with Crippen LogP contribution in [0, 0.1) is 0 Å². The number of carbonyl (C=O) groups is 1. The fraction of sp³-hybridized carbons (Fsp3) is 0.0690. The number of carbonyl (C=O) groups excluding carboxylic acids is 1. The van der Waals surface area contributed by atoms with Gasteiger partial charge in [0.1, 0.15) is 36.0 Å². The van der Waals surface area contributed by atoms with Crippen LogP contribution >= 0.6 is 11.6 Å². The Bertz CT molecular complexity index is 1280. The van der Waals surface area contributed by atoms with Crippen LogP contribution in [0.2, 0.25) is 5.02 Å². The highest BCUT2D eigenvalue weighted by molar-refractivity contribution is 6.32. The van der Waals surface area contributed by atoms with E-state index in [4.69, 9.17) is 21.1 Å². The molecule has 4 nitrogen and oxygen atoms in total. The first-order chi connectivity index (χ1) is 16.6. The summed E-state index contributed by atoms with van der Waals surface area (Å²) in [6, 6.07) is 29.5. The van der Waals surface area contributed by atoms with Crippen molar-refractivity contribution in [2.45, 2.75) is 13.2 Å². The Morgan fingerprint density at radius 2 is 1.38 bits per heavy atom. The summed E-state index contributed by atoms with van der Waals surface area (Å²) in [4.78, 5) is 13.1. The molecule has 0 aliphatic carbocycles. The highest BCUT2D eigenvalue weighted by Crippen LogP contribution is 2.35. The van der Waals surface area contributed by atoms with E-state index in [1.165, 1.54) is 12.1 Å². The molecule has 0 spiro atoms. The smallest absolute Gasteiger partial charge is 0.193 e. The molecule has 0 saturated carbocycles. The minimum absolute atomic E-state index is 0.0614. The number of ether oxygens (including phenoxy) is 2. The monoisotopic (exact) mass is 470 g/mol. The zero-order chi connectivity index (χ0) is 23.8. The minimum Gasteiger partial charge on any atom is -0.507 e. The fourth-order valence-electron chi connectivity index (χ4n) is 3.36. The third-order valence-electron chi connectivity index (χ3n) is 5.11. The van der Waals surface area contributed by atoms with E-state index in [1.54, 1.807) is 24.3 Å². The minimum atomic E-state index is -0.407. The highest BCUT2D eigenvalue weighted by atomic mass is 35.5. The van der Waals surface area contributed by atoms with Crippen molar-refractivity contribution in [3.63, 3.8) is 0 Å². The standard InChI is InChI=1S/C29H23ClO4/c30-25-14-8-7-13-23(25)15-16-26(31)29-27(32)17-24(33-19-21-9-3-1-4-10-21)18-28(29)34-20-22-11-5-2-6-12-22/h1-18,32H,19-20H2. The van der Waals surface area contributed by atoms with Gasteiger partial charge in [-0.3, -0.25) is 4.79 Å². The maximum absolute atomic E-state index is 13.1. The number of ketones is 1. The van der Waals surface area contributed by atoms with Crippen LogP contribution < -0.4 is 9.47 Å². The second-order valence-electron chi connectivity index (χ2n) is 7.58. The second kappa shape index (κ2) is 11.2. The first-order valence-electron chi connectivity index (χ1n) is 10.8. The average Bonchev–Trinajstić information content (AvgIpc) is 2.86. The first-order valence-corrected chi connectivity index (χ1v) is 11.2. The normalized spacial score (nSPS) is 10.9. The number of phenols is 1. The molecule has 0 heterocycles. The highest BCUT2D eigenvalue weighted by Gasteiger charge is 2.19. The van der Waals surface area contributed by atoms with Gasteiger partial charge >= 0.3 is 0 Å². The van der Waals surface area contributed by atoms with Gasteiger partial charge in [-0.15, -0.1) is 0 Å². The molecule has 4 aromatic carbocycles. The fourth-order valence-corrected chi connectivity index (χ4v) is 3.56. The molecule has 0 aliphatic rings. The Morgan fingerprint density at radius 3 is 2.03 bits per heavy atom. The number of hydrogen-bond donors (Lipinski definition) is 1. The van der Waals surface area contributed by atoms with Crippen LogP contribution in [-0.2, 0) is 13.2 Å². The lowest BCUT2D eigenvalue weighted by Gasteiger charge is -2.14. The van der Waals surface area contributed by atoms with Crippen LogP contribution in [0.3, 0.4) is 0 Å². The molecule has 0 bridgehead atoms. The Kier molecular flexibility index (Phi) is 7.63. The summed E-state index contributed by atoms with van der Waals surface area (Å²) in [6.07, 6.45) is 2.99. The van der Waals surface area contributed by atoms with Crippen molar-refractivity contribution in [1.29, 1.82) is 0 Å². The summed E-state index contributed by atoms with van der Waals surface area (Å²) in [6.45, 7) is 0.551. The third kappa shape index (κ3) is 6.06. The van der Waals surface area contributed by atoms with Gasteiger partial charge in [0.15, 0.2) is 5.78 Å². The van der Waals surface area contributed by atoms with Gasteiger partial charge in [-0.2, -0.15) is 0 Å². The van der Waals surface area contributed by atoms with Crippen molar-refractivity contribution in [3.8, 4) is 17.2 Å². The van der Waals surface area contributed by atoms with E-state index in [2.05, 4.69) is 0 Å². The second-order valence-corrected chi connectivity index (χ2v) is 7.99. The lowest BCUT2D eigenvalue weighted by molar-refractivity contribution is 0.104. The molecule has 4 rings (SSSR count). The van der Waals surface area contributed by atoms with Gasteiger partial charge in [0.25, 0.3) is 0 Å². The zero-order valence-electron chi connectivity index (χ0n) is 18.4. The maximum atomic E-state index is 13.1. The van der Waals surface area contributed by atoms with Crippen LogP contribution in [0.4, 0.5) is 0 Å². The summed E-state index contributed by atoms with van der Waals surface area (Å²) >= 11 is 6.19. The summed E-state index contributed by atoms with van der Waals surface area (Å²) < 4.78 is 11.8. The molecule has 34 heavy (non-hydrogen) atoms. The Hall–Kier alpha value is -4.02. The van der Waals surface area contributed by atoms with Crippen LogP contribution in [0.5, 0.6) is 17.2 Å². The molecule has 0 atom stereocenters. The summed E-state index contributed by atoms with van der Waals surface area (Å²) in [5.41, 5.74) is 2.68. The SMILES string of the molecule is O=C(C=Cc1ccccc1Cl)c1c(O)cc(OCc2ccccc2)cc1OCc1ccccc1. The lowest BCUT2D eigenvalue weighted by atomic mass is 10.1. The van der Waals surface area contributed by atoms with Gasteiger partial charge in [-0.1, -0.05) is 90.5 Å². The molecule has 0 amide bonds. The Morgan fingerprint density at radius 1 is 0.794 bits per heavy atom. The molecule has 0 aliphatic heterocycles.